The quantitative estimate of drug-likeness (QED) is 0.396. The maximum atomic E-state index is 13.2. The number of amides is 1. The molecule has 1 saturated heterocycles. The van der Waals surface area contributed by atoms with Crippen molar-refractivity contribution in [3.63, 3.8) is 0 Å². The lowest BCUT2D eigenvalue weighted by Crippen LogP contribution is -2.39. The fourth-order valence-electron chi connectivity index (χ4n) is 4.54. The minimum absolute atomic E-state index is 0.0138. The number of likely N-dealkylation sites (tertiary alicyclic amines) is 1. The summed E-state index contributed by atoms with van der Waals surface area (Å²) in [6, 6.07) is 11.6. The van der Waals surface area contributed by atoms with E-state index in [-0.39, 0.29) is 11.8 Å². The number of benzene rings is 1. The molecule has 0 aliphatic carbocycles. The largest absolute Gasteiger partial charge is 0.497 e. The Labute approximate surface area is 204 Å². The Balaban J connectivity index is 1.24. The molecule has 0 saturated carbocycles. The molecule has 1 amide bonds. The number of aromatic nitrogens is 4. The predicted molar refractivity (Wildman–Crippen MR) is 131 cm³/mol. The van der Waals surface area contributed by atoms with E-state index in [0.717, 1.165) is 54.5 Å². The zero-order chi connectivity index (χ0) is 24.2. The van der Waals surface area contributed by atoms with Gasteiger partial charge in [0, 0.05) is 44.5 Å². The normalized spacial score (nSPS) is 15.8. The Hall–Kier alpha value is -3.94. The summed E-state index contributed by atoms with van der Waals surface area (Å²) in [6.07, 6.45) is 10.4. The second-order valence-electron chi connectivity index (χ2n) is 8.75. The molecule has 4 aromatic rings. The molecule has 1 aliphatic heterocycles. The molecule has 8 nitrogen and oxygen atoms in total. The van der Waals surface area contributed by atoms with Gasteiger partial charge in [-0.1, -0.05) is 19.1 Å². The number of imidazole rings is 1. The van der Waals surface area contributed by atoms with Crippen LogP contribution in [0.1, 0.15) is 59.1 Å². The Morgan fingerprint density at radius 3 is 2.71 bits per heavy atom. The average Bonchev–Trinajstić information content (AvgIpc) is 3.59. The highest BCUT2D eigenvalue weighted by atomic mass is 16.5. The highest BCUT2D eigenvalue weighted by Crippen LogP contribution is 2.28. The first-order valence-corrected chi connectivity index (χ1v) is 12.0. The third-order valence-electron chi connectivity index (χ3n) is 6.44. The van der Waals surface area contributed by atoms with Crippen molar-refractivity contribution in [3.8, 4) is 11.6 Å². The second kappa shape index (κ2) is 10.1. The number of rotatable bonds is 7. The summed E-state index contributed by atoms with van der Waals surface area (Å²) in [6.45, 7) is 3.36. The van der Waals surface area contributed by atoms with Crippen molar-refractivity contribution in [1.29, 1.82) is 0 Å². The van der Waals surface area contributed by atoms with Crippen LogP contribution in [0.5, 0.6) is 5.75 Å². The van der Waals surface area contributed by atoms with Gasteiger partial charge in [0.05, 0.1) is 24.8 Å². The molecule has 1 atom stereocenters. The minimum Gasteiger partial charge on any atom is -0.497 e. The summed E-state index contributed by atoms with van der Waals surface area (Å²) in [5.74, 6) is 4.12. The number of methoxy groups -OCH3 is 1. The summed E-state index contributed by atoms with van der Waals surface area (Å²) in [5.41, 5.74) is 1.71. The van der Waals surface area contributed by atoms with Gasteiger partial charge in [0.15, 0.2) is 5.89 Å². The number of piperidine rings is 1. The smallest absolute Gasteiger partial charge is 0.255 e. The minimum atomic E-state index is -0.0138. The predicted octanol–water partition coefficient (Wildman–Crippen LogP) is 4.44. The van der Waals surface area contributed by atoms with Gasteiger partial charge in [-0.2, -0.15) is 0 Å². The number of carbonyl (C=O) groups is 1. The zero-order valence-corrected chi connectivity index (χ0v) is 20.1. The molecule has 180 valence electrons. The van der Waals surface area contributed by atoms with Gasteiger partial charge in [-0.05, 0) is 42.7 Å². The summed E-state index contributed by atoms with van der Waals surface area (Å²) in [7, 11) is 1.66. The molecule has 4 heterocycles. The summed E-state index contributed by atoms with van der Waals surface area (Å²) in [4.78, 5) is 28.5. The fourth-order valence-corrected chi connectivity index (χ4v) is 4.54. The van der Waals surface area contributed by atoms with E-state index in [2.05, 4.69) is 21.9 Å². The van der Waals surface area contributed by atoms with Crippen LogP contribution in [-0.2, 0) is 12.8 Å². The second-order valence-corrected chi connectivity index (χ2v) is 8.75. The van der Waals surface area contributed by atoms with Crippen molar-refractivity contribution < 1.29 is 13.9 Å². The van der Waals surface area contributed by atoms with Crippen molar-refractivity contribution in [3.05, 3.63) is 89.8 Å². The van der Waals surface area contributed by atoms with Crippen molar-refractivity contribution in [2.75, 3.05) is 20.2 Å². The van der Waals surface area contributed by atoms with E-state index in [1.807, 2.05) is 52.1 Å². The first kappa shape index (κ1) is 22.8. The number of pyridine rings is 1. The first-order chi connectivity index (χ1) is 17.1. The standard InChI is InChI=1S/C27H29N5O3/c1-3-24-28-12-14-32(24)25-11-8-20(16-29-25)27(33)31-13-4-5-21(18-31)26-30-17-23(35-26)15-19-6-9-22(34-2)10-7-19/h6-12,14,16-17,21H,3-5,13,15,18H2,1-2H3. The van der Waals surface area contributed by atoms with Crippen LogP contribution >= 0.6 is 0 Å². The number of aryl methyl sites for hydroxylation is 1. The number of hydrogen-bond donors (Lipinski definition) is 0. The molecular formula is C27H29N5O3. The van der Waals surface area contributed by atoms with Crippen LogP contribution in [0, 0.1) is 0 Å². The Kier molecular flexibility index (Phi) is 6.61. The number of carbonyl (C=O) groups excluding carboxylic acids is 1. The lowest BCUT2D eigenvalue weighted by Gasteiger charge is -2.31. The molecule has 8 heteroatoms. The highest BCUT2D eigenvalue weighted by Gasteiger charge is 2.28. The molecule has 0 bridgehead atoms. The van der Waals surface area contributed by atoms with E-state index < -0.39 is 0 Å². The average molecular weight is 472 g/mol. The van der Waals surface area contributed by atoms with Crippen molar-refractivity contribution in [2.45, 2.75) is 38.5 Å². The lowest BCUT2D eigenvalue weighted by atomic mass is 9.97. The van der Waals surface area contributed by atoms with Crippen molar-refractivity contribution in [2.24, 2.45) is 0 Å². The van der Waals surface area contributed by atoms with Gasteiger partial charge in [-0.3, -0.25) is 9.36 Å². The SMILES string of the molecule is CCc1nccn1-c1ccc(C(=O)N2CCCC(c3ncc(Cc4ccc(OC)cc4)o3)C2)cn1. The molecule has 0 radical (unpaired) electrons. The van der Waals surface area contributed by atoms with Crippen LogP contribution in [0.15, 0.2) is 65.6 Å². The van der Waals surface area contributed by atoms with E-state index in [4.69, 9.17) is 9.15 Å². The maximum absolute atomic E-state index is 13.2. The molecular weight excluding hydrogens is 442 g/mol. The summed E-state index contributed by atoms with van der Waals surface area (Å²) >= 11 is 0. The van der Waals surface area contributed by atoms with Crippen LogP contribution in [0.4, 0.5) is 0 Å². The number of hydrogen-bond acceptors (Lipinski definition) is 6. The van der Waals surface area contributed by atoms with Crippen LogP contribution in [0.3, 0.4) is 0 Å². The molecule has 35 heavy (non-hydrogen) atoms. The molecule has 1 aliphatic rings. The number of oxazole rings is 1. The van der Waals surface area contributed by atoms with Crippen molar-refractivity contribution in [1.82, 2.24) is 24.4 Å². The van der Waals surface area contributed by atoms with Crippen molar-refractivity contribution >= 4 is 5.91 Å². The first-order valence-electron chi connectivity index (χ1n) is 12.0. The van der Waals surface area contributed by atoms with E-state index in [1.165, 1.54) is 0 Å². The van der Waals surface area contributed by atoms with Crippen LogP contribution in [0.25, 0.3) is 5.82 Å². The molecule has 0 spiro atoms. The molecule has 1 aromatic carbocycles. The Morgan fingerprint density at radius 2 is 1.97 bits per heavy atom. The lowest BCUT2D eigenvalue weighted by molar-refractivity contribution is 0.0697. The van der Waals surface area contributed by atoms with E-state index in [1.54, 1.807) is 25.7 Å². The van der Waals surface area contributed by atoms with Gasteiger partial charge in [0.2, 0.25) is 0 Å². The monoisotopic (exact) mass is 471 g/mol. The third-order valence-corrected chi connectivity index (χ3v) is 6.44. The highest BCUT2D eigenvalue weighted by molar-refractivity contribution is 5.94. The molecule has 1 fully saturated rings. The molecule has 5 rings (SSSR count). The summed E-state index contributed by atoms with van der Waals surface area (Å²) < 4.78 is 13.3. The maximum Gasteiger partial charge on any atom is 0.255 e. The van der Waals surface area contributed by atoms with Crippen LogP contribution < -0.4 is 4.74 Å². The molecule has 3 aromatic heterocycles. The summed E-state index contributed by atoms with van der Waals surface area (Å²) in [5, 5.41) is 0. The van der Waals surface area contributed by atoms with Gasteiger partial charge < -0.3 is 14.1 Å². The Bertz CT molecular complexity index is 1280. The van der Waals surface area contributed by atoms with Gasteiger partial charge in [-0.25, -0.2) is 15.0 Å². The van der Waals surface area contributed by atoms with Crippen LogP contribution in [0.2, 0.25) is 0 Å². The number of nitrogens with zero attached hydrogens (tertiary/aromatic N) is 5. The zero-order valence-electron chi connectivity index (χ0n) is 20.1. The van der Waals surface area contributed by atoms with Gasteiger partial charge in [0.1, 0.15) is 23.2 Å². The van der Waals surface area contributed by atoms with Gasteiger partial charge in [0.25, 0.3) is 5.91 Å². The Morgan fingerprint density at radius 1 is 1.11 bits per heavy atom. The van der Waals surface area contributed by atoms with E-state index in [0.29, 0.717) is 24.4 Å². The molecule has 0 N–H and O–H groups in total. The van der Waals surface area contributed by atoms with E-state index in [9.17, 15) is 4.79 Å². The third kappa shape index (κ3) is 4.96. The van der Waals surface area contributed by atoms with Gasteiger partial charge in [-0.15, -0.1) is 0 Å². The topological polar surface area (TPSA) is 86.3 Å². The number of ether oxygens (including phenoxy) is 1. The van der Waals surface area contributed by atoms with E-state index >= 15 is 0 Å². The molecule has 1 unspecified atom stereocenters. The fraction of sp³-hybridized carbons (Fsp3) is 0.333. The van der Waals surface area contributed by atoms with Gasteiger partial charge >= 0.3 is 0 Å². The van der Waals surface area contributed by atoms with Crippen LogP contribution in [-0.4, -0.2) is 50.5 Å².